The summed E-state index contributed by atoms with van der Waals surface area (Å²) in [5.74, 6) is 1.66. The van der Waals surface area contributed by atoms with Crippen LogP contribution in [0.1, 0.15) is 54.7 Å². The molecule has 6 heteroatoms. The standard InChI is InChI=1S/C18H23N3O3/c1-12-5-4-6-14(7-12)21-11-17(19-20-21)18(22)13-8-15(23-2)10-16(9-13)24-3/h8-12,14H,4-7H2,1-3H3. The highest BCUT2D eigenvalue weighted by atomic mass is 16.5. The van der Waals surface area contributed by atoms with Crippen molar-refractivity contribution in [3.63, 3.8) is 0 Å². The number of carbonyl (C=O) groups is 1. The SMILES string of the molecule is COc1cc(OC)cc(C(=O)c2cn(C3CCCC(C)C3)nn2)c1. The monoisotopic (exact) mass is 329 g/mol. The summed E-state index contributed by atoms with van der Waals surface area (Å²) in [5, 5.41) is 8.27. The summed E-state index contributed by atoms with van der Waals surface area (Å²) in [6.45, 7) is 2.26. The van der Waals surface area contributed by atoms with Gasteiger partial charge in [-0.25, -0.2) is 4.68 Å². The number of carbonyl (C=O) groups excluding carboxylic acids is 1. The molecule has 1 aliphatic rings. The van der Waals surface area contributed by atoms with E-state index in [0.29, 0.717) is 34.7 Å². The van der Waals surface area contributed by atoms with E-state index in [0.717, 1.165) is 12.8 Å². The number of hydrogen-bond acceptors (Lipinski definition) is 5. The van der Waals surface area contributed by atoms with Gasteiger partial charge in [0.1, 0.15) is 11.5 Å². The molecule has 1 saturated carbocycles. The molecule has 3 rings (SSSR count). The predicted octanol–water partition coefficient (Wildman–Crippen LogP) is 3.28. The van der Waals surface area contributed by atoms with Crippen LogP contribution in [-0.4, -0.2) is 35.0 Å². The zero-order chi connectivity index (χ0) is 17.1. The van der Waals surface area contributed by atoms with Crippen molar-refractivity contribution in [1.82, 2.24) is 15.0 Å². The quantitative estimate of drug-likeness (QED) is 0.788. The van der Waals surface area contributed by atoms with Crippen molar-refractivity contribution in [2.24, 2.45) is 5.92 Å². The van der Waals surface area contributed by atoms with Crippen LogP contribution in [0.3, 0.4) is 0 Å². The maximum atomic E-state index is 12.7. The van der Waals surface area contributed by atoms with Crippen molar-refractivity contribution in [1.29, 1.82) is 0 Å². The Morgan fingerprint density at radius 2 is 1.88 bits per heavy atom. The second-order valence-corrected chi connectivity index (χ2v) is 6.44. The van der Waals surface area contributed by atoms with Gasteiger partial charge in [-0.1, -0.05) is 25.0 Å². The van der Waals surface area contributed by atoms with Crippen LogP contribution in [0.15, 0.2) is 24.4 Å². The Bertz CT molecular complexity index is 704. The highest BCUT2D eigenvalue weighted by Crippen LogP contribution is 2.31. The van der Waals surface area contributed by atoms with Crippen LogP contribution in [0, 0.1) is 5.92 Å². The number of ether oxygens (including phenoxy) is 2. The molecule has 0 saturated heterocycles. The fourth-order valence-electron chi connectivity index (χ4n) is 3.29. The smallest absolute Gasteiger partial charge is 0.215 e. The molecule has 2 aromatic rings. The number of ketones is 1. The second kappa shape index (κ2) is 7.03. The average molecular weight is 329 g/mol. The number of methoxy groups -OCH3 is 2. The van der Waals surface area contributed by atoms with E-state index < -0.39 is 0 Å². The summed E-state index contributed by atoms with van der Waals surface area (Å²) < 4.78 is 12.3. The normalized spacial score (nSPS) is 20.6. The fraction of sp³-hybridized carbons (Fsp3) is 0.500. The zero-order valence-electron chi connectivity index (χ0n) is 14.4. The lowest BCUT2D eigenvalue weighted by molar-refractivity contribution is 0.103. The van der Waals surface area contributed by atoms with Gasteiger partial charge in [-0.05, 0) is 30.9 Å². The molecule has 1 heterocycles. The first kappa shape index (κ1) is 16.5. The van der Waals surface area contributed by atoms with Gasteiger partial charge >= 0.3 is 0 Å². The predicted molar refractivity (Wildman–Crippen MR) is 89.7 cm³/mol. The molecule has 1 aromatic heterocycles. The van der Waals surface area contributed by atoms with Crippen molar-refractivity contribution in [3.8, 4) is 11.5 Å². The third-order valence-electron chi connectivity index (χ3n) is 4.64. The summed E-state index contributed by atoms with van der Waals surface area (Å²) in [4.78, 5) is 12.7. The minimum absolute atomic E-state index is 0.178. The Balaban J connectivity index is 1.83. The largest absolute Gasteiger partial charge is 0.497 e. The summed E-state index contributed by atoms with van der Waals surface area (Å²) in [6, 6.07) is 5.44. The van der Waals surface area contributed by atoms with E-state index >= 15 is 0 Å². The maximum Gasteiger partial charge on any atom is 0.215 e. The summed E-state index contributed by atoms with van der Waals surface area (Å²) >= 11 is 0. The lowest BCUT2D eigenvalue weighted by Crippen LogP contribution is -2.18. The van der Waals surface area contributed by atoms with Gasteiger partial charge in [0, 0.05) is 11.6 Å². The van der Waals surface area contributed by atoms with Crippen LogP contribution >= 0.6 is 0 Å². The zero-order valence-corrected chi connectivity index (χ0v) is 14.4. The van der Waals surface area contributed by atoms with Crippen molar-refractivity contribution >= 4 is 5.78 Å². The molecule has 128 valence electrons. The maximum absolute atomic E-state index is 12.7. The molecular weight excluding hydrogens is 306 g/mol. The molecule has 0 radical (unpaired) electrons. The van der Waals surface area contributed by atoms with E-state index in [2.05, 4.69) is 17.2 Å². The number of hydrogen-bond donors (Lipinski definition) is 0. The van der Waals surface area contributed by atoms with Gasteiger partial charge in [-0.3, -0.25) is 4.79 Å². The Hall–Kier alpha value is -2.37. The summed E-state index contributed by atoms with van der Waals surface area (Å²) in [7, 11) is 3.12. The van der Waals surface area contributed by atoms with Crippen LogP contribution in [0.25, 0.3) is 0 Å². The Morgan fingerprint density at radius 1 is 1.17 bits per heavy atom. The Morgan fingerprint density at radius 3 is 2.50 bits per heavy atom. The van der Waals surface area contributed by atoms with Crippen LogP contribution in [0.2, 0.25) is 0 Å². The Labute approximate surface area is 141 Å². The molecule has 0 N–H and O–H groups in total. The van der Waals surface area contributed by atoms with Gasteiger partial charge in [-0.2, -0.15) is 0 Å². The van der Waals surface area contributed by atoms with E-state index in [1.54, 1.807) is 38.6 Å². The van der Waals surface area contributed by atoms with Gasteiger partial charge in [0.25, 0.3) is 0 Å². The number of aromatic nitrogens is 3. The second-order valence-electron chi connectivity index (χ2n) is 6.44. The first-order chi connectivity index (χ1) is 11.6. The molecule has 0 aliphatic heterocycles. The first-order valence-corrected chi connectivity index (χ1v) is 8.30. The van der Waals surface area contributed by atoms with Gasteiger partial charge in [0.15, 0.2) is 5.69 Å². The van der Waals surface area contributed by atoms with Gasteiger partial charge < -0.3 is 9.47 Å². The third kappa shape index (κ3) is 3.42. The van der Waals surface area contributed by atoms with Crippen molar-refractivity contribution in [2.75, 3.05) is 14.2 Å². The molecule has 1 fully saturated rings. The lowest BCUT2D eigenvalue weighted by Gasteiger charge is -2.26. The van der Waals surface area contributed by atoms with Crippen molar-refractivity contribution < 1.29 is 14.3 Å². The number of rotatable bonds is 5. The van der Waals surface area contributed by atoms with E-state index in [9.17, 15) is 4.79 Å². The topological polar surface area (TPSA) is 66.2 Å². The lowest BCUT2D eigenvalue weighted by atomic mass is 9.87. The van der Waals surface area contributed by atoms with Crippen LogP contribution in [-0.2, 0) is 0 Å². The Kier molecular flexibility index (Phi) is 4.83. The highest BCUT2D eigenvalue weighted by Gasteiger charge is 2.23. The molecule has 1 aliphatic carbocycles. The minimum atomic E-state index is -0.178. The van der Waals surface area contributed by atoms with Crippen LogP contribution in [0.4, 0.5) is 0 Å². The molecule has 0 spiro atoms. The van der Waals surface area contributed by atoms with Gasteiger partial charge in [0.05, 0.1) is 26.5 Å². The molecule has 2 unspecified atom stereocenters. The molecule has 2 atom stereocenters. The first-order valence-electron chi connectivity index (χ1n) is 8.30. The molecule has 24 heavy (non-hydrogen) atoms. The number of benzene rings is 1. The minimum Gasteiger partial charge on any atom is -0.497 e. The van der Waals surface area contributed by atoms with Crippen molar-refractivity contribution in [2.45, 2.75) is 38.6 Å². The van der Waals surface area contributed by atoms with E-state index in [1.165, 1.54) is 12.8 Å². The highest BCUT2D eigenvalue weighted by molar-refractivity contribution is 6.07. The summed E-state index contributed by atoms with van der Waals surface area (Å²) in [6.07, 6.45) is 6.40. The average Bonchev–Trinajstić information content (AvgIpc) is 3.10. The van der Waals surface area contributed by atoms with Crippen LogP contribution in [0.5, 0.6) is 11.5 Å². The van der Waals surface area contributed by atoms with Crippen LogP contribution < -0.4 is 9.47 Å². The summed E-state index contributed by atoms with van der Waals surface area (Å²) in [5.41, 5.74) is 0.832. The molecule has 1 aromatic carbocycles. The number of nitrogens with zero attached hydrogens (tertiary/aromatic N) is 3. The van der Waals surface area contributed by atoms with Gasteiger partial charge in [0.2, 0.25) is 5.78 Å². The van der Waals surface area contributed by atoms with E-state index in [4.69, 9.17) is 9.47 Å². The molecular formula is C18H23N3O3. The molecule has 6 nitrogen and oxygen atoms in total. The molecule has 0 amide bonds. The third-order valence-corrected chi connectivity index (χ3v) is 4.64. The van der Waals surface area contributed by atoms with Crippen molar-refractivity contribution in [3.05, 3.63) is 35.7 Å². The van der Waals surface area contributed by atoms with E-state index in [-0.39, 0.29) is 5.78 Å². The fourth-order valence-corrected chi connectivity index (χ4v) is 3.29. The van der Waals surface area contributed by atoms with Gasteiger partial charge in [-0.15, -0.1) is 5.10 Å². The molecule has 0 bridgehead atoms. The van der Waals surface area contributed by atoms with E-state index in [1.807, 2.05) is 4.68 Å².